The molecule has 0 unspecified atom stereocenters. The van der Waals surface area contributed by atoms with E-state index in [1.165, 1.54) is 22.3 Å². The molecule has 5 nitrogen and oxygen atoms in total. The molecular weight excluding hydrogens is 336 g/mol. The Morgan fingerprint density at radius 2 is 1.74 bits per heavy atom. The van der Waals surface area contributed by atoms with Crippen LogP contribution in [0.5, 0.6) is 0 Å². The van der Waals surface area contributed by atoms with Crippen molar-refractivity contribution in [1.82, 2.24) is 15.5 Å². The van der Waals surface area contributed by atoms with Gasteiger partial charge in [-0.3, -0.25) is 9.79 Å². The highest BCUT2D eigenvalue weighted by Crippen LogP contribution is 2.14. The van der Waals surface area contributed by atoms with Gasteiger partial charge in [0.2, 0.25) is 5.91 Å². The fraction of sp³-hybridized carbons (Fsp3) is 0.364. The average molecular weight is 364 g/mol. The Balaban J connectivity index is 1.48. The van der Waals surface area contributed by atoms with Gasteiger partial charge in [0, 0.05) is 39.6 Å². The number of hydrogen-bond acceptors (Lipinski definition) is 2. The molecule has 3 rings (SSSR count). The Morgan fingerprint density at radius 1 is 1.04 bits per heavy atom. The van der Waals surface area contributed by atoms with E-state index in [0.717, 1.165) is 25.5 Å². The maximum atomic E-state index is 11.7. The summed E-state index contributed by atoms with van der Waals surface area (Å²) in [6, 6.07) is 16.8. The first-order valence-electron chi connectivity index (χ1n) is 9.50. The highest BCUT2D eigenvalue weighted by molar-refractivity contribution is 5.79. The Labute approximate surface area is 161 Å². The minimum atomic E-state index is 0.268. The Morgan fingerprint density at radius 3 is 2.41 bits per heavy atom. The zero-order valence-electron chi connectivity index (χ0n) is 16.2. The Kier molecular flexibility index (Phi) is 6.47. The normalized spacial score (nSPS) is 14.5. The molecule has 5 heteroatoms. The van der Waals surface area contributed by atoms with Crippen LogP contribution in [0.25, 0.3) is 0 Å². The number of carbonyl (C=O) groups is 1. The number of nitrogens with one attached hydrogen (secondary N) is 2. The van der Waals surface area contributed by atoms with Crippen molar-refractivity contribution in [3.05, 3.63) is 70.8 Å². The first kappa shape index (κ1) is 19.0. The molecule has 0 spiro atoms. The van der Waals surface area contributed by atoms with Gasteiger partial charge in [-0.05, 0) is 35.6 Å². The molecular formula is C22H28N4O. The van der Waals surface area contributed by atoms with Crippen LogP contribution >= 0.6 is 0 Å². The van der Waals surface area contributed by atoms with Crippen LogP contribution < -0.4 is 10.6 Å². The topological polar surface area (TPSA) is 56.7 Å². The third-order valence-electron chi connectivity index (χ3n) is 4.96. The van der Waals surface area contributed by atoms with Crippen molar-refractivity contribution in [2.24, 2.45) is 4.99 Å². The second kappa shape index (κ2) is 9.21. The third kappa shape index (κ3) is 5.33. The van der Waals surface area contributed by atoms with E-state index in [2.05, 4.69) is 71.1 Å². The van der Waals surface area contributed by atoms with Crippen LogP contribution in [0, 0.1) is 6.92 Å². The second-order valence-electron chi connectivity index (χ2n) is 6.94. The van der Waals surface area contributed by atoms with Crippen molar-refractivity contribution in [3.8, 4) is 0 Å². The summed E-state index contributed by atoms with van der Waals surface area (Å²) in [5.41, 5.74) is 4.90. The highest BCUT2D eigenvalue weighted by Gasteiger charge is 2.19. The third-order valence-corrected chi connectivity index (χ3v) is 4.96. The van der Waals surface area contributed by atoms with Gasteiger partial charge in [0.25, 0.3) is 0 Å². The predicted molar refractivity (Wildman–Crippen MR) is 109 cm³/mol. The van der Waals surface area contributed by atoms with E-state index in [-0.39, 0.29) is 5.91 Å². The molecule has 2 aromatic rings. The van der Waals surface area contributed by atoms with Gasteiger partial charge in [-0.1, -0.05) is 48.5 Å². The molecule has 1 aliphatic rings. The van der Waals surface area contributed by atoms with Crippen molar-refractivity contribution in [2.45, 2.75) is 39.4 Å². The minimum absolute atomic E-state index is 0.268. The van der Waals surface area contributed by atoms with Crippen molar-refractivity contribution in [3.63, 3.8) is 0 Å². The number of nitrogens with zero attached hydrogens (tertiary/aromatic N) is 2. The minimum Gasteiger partial charge on any atom is -0.352 e. The fourth-order valence-corrected chi connectivity index (χ4v) is 3.25. The standard InChI is InChI=1S/C22H28N4O/c1-17-6-3-4-7-20(17)15-25-22(23-2)24-14-18-9-11-19(12-10-18)16-26-13-5-8-21(26)27/h3-4,6-7,9-12H,5,8,13-16H2,1-2H3,(H2,23,24,25). The fourth-order valence-electron chi connectivity index (χ4n) is 3.25. The number of guanidine groups is 1. The summed E-state index contributed by atoms with van der Waals surface area (Å²) in [7, 11) is 1.78. The van der Waals surface area contributed by atoms with Gasteiger partial charge in [0.1, 0.15) is 0 Å². The summed E-state index contributed by atoms with van der Waals surface area (Å²) >= 11 is 0. The molecule has 0 aromatic heterocycles. The number of carbonyl (C=O) groups excluding carboxylic acids is 1. The molecule has 2 aromatic carbocycles. The lowest BCUT2D eigenvalue weighted by molar-refractivity contribution is -0.128. The quantitative estimate of drug-likeness (QED) is 0.612. The summed E-state index contributed by atoms with van der Waals surface area (Å²) in [4.78, 5) is 18.0. The molecule has 1 amide bonds. The van der Waals surface area contributed by atoms with Gasteiger partial charge < -0.3 is 15.5 Å². The molecule has 0 atom stereocenters. The van der Waals surface area contributed by atoms with Crippen LogP contribution in [0.2, 0.25) is 0 Å². The lowest BCUT2D eigenvalue weighted by Crippen LogP contribution is -2.36. The maximum absolute atomic E-state index is 11.7. The number of rotatable bonds is 6. The molecule has 2 N–H and O–H groups in total. The van der Waals surface area contributed by atoms with Crippen LogP contribution in [-0.2, 0) is 24.4 Å². The van der Waals surface area contributed by atoms with Crippen LogP contribution in [0.1, 0.15) is 35.1 Å². The molecule has 27 heavy (non-hydrogen) atoms. The first-order chi connectivity index (χ1) is 13.2. The van der Waals surface area contributed by atoms with Crippen molar-refractivity contribution >= 4 is 11.9 Å². The Hall–Kier alpha value is -2.82. The lowest BCUT2D eigenvalue weighted by atomic mass is 10.1. The summed E-state index contributed by atoms with van der Waals surface area (Å²) in [5, 5.41) is 6.71. The van der Waals surface area contributed by atoms with Crippen molar-refractivity contribution < 1.29 is 4.79 Å². The van der Waals surface area contributed by atoms with E-state index in [0.29, 0.717) is 19.5 Å². The van der Waals surface area contributed by atoms with Gasteiger partial charge in [-0.15, -0.1) is 0 Å². The monoisotopic (exact) mass is 364 g/mol. The Bertz CT molecular complexity index is 798. The molecule has 0 bridgehead atoms. The van der Waals surface area contributed by atoms with Gasteiger partial charge in [0.15, 0.2) is 5.96 Å². The molecule has 1 heterocycles. The van der Waals surface area contributed by atoms with Crippen LogP contribution in [0.4, 0.5) is 0 Å². The summed E-state index contributed by atoms with van der Waals surface area (Å²) < 4.78 is 0. The van der Waals surface area contributed by atoms with E-state index in [9.17, 15) is 4.79 Å². The van der Waals surface area contributed by atoms with E-state index >= 15 is 0 Å². The molecule has 1 fully saturated rings. The number of aliphatic imine (C=N–C) groups is 1. The first-order valence-corrected chi connectivity index (χ1v) is 9.50. The molecule has 1 saturated heterocycles. The molecule has 0 radical (unpaired) electrons. The van der Waals surface area contributed by atoms with E-state index in [1.54, 1.807) is 7.05 Å². The van der Waals surface area contributed by atoms with E-state index < -0.39 is 0 Å². The smallest absolute Gasteiger partial charge is 0.222 e. The number of aryl methyl sites for hydroxylation is 1. The number of benzene rings is 2. The largest absolute Gasteiger partial charge is 0.352 e. The number of amides is 1. The molecule has 142 valence electrons. The van der Waals surface area contributed by atoms with E-state index in [1.807, 2.05) is 4.90 Å². The maximum Gasteiger partial charge on any atom is 0.222 e. The predicted octanol–water partition coefficient (Wildman–Crippen LogP) is 2.98. The summed E-state index contributed by atoms with van der Waals surface area (Å²) in [6.07, 6.45) is 1.67. The summed E-state index contributed by atoms with van der Waals surface area (Å²) in [6.45, 7) is 5.16. The van der Waals surface area contributed by atoms with Gasteiger partial charge in [-0.2, -0.15) is 0 Å². The molecule has 0 saturated carbocycles. The number of hydrogen-bond donors (Lipinski definition) is 2. The SMILES string of the molecule is CN=C(NCc1ccc(CN2CCCC2=O)cc1)NCc1ccccc1C. The zero-order valence-corrected chi connectivity index (χ0v) is 16.2. The van der Waals surface area contributed by atoms with Crippen LogP contribution in [-0.4, -0.2) is 30.4 Å². The second-order valence-corrected chi connectivity index (χ2v) is 6.94. The summed E-state index contributed by atoms with van der Waals surface area (Å²) in [5.74, 6) is 1.05. The molecule has 0 aliphatic carbocycles. The van der Waals surface area contributed by atoms with Crippen molar-refractivity contribution in [2.75, 3.05) is 13.6 Å². The highest BCUT2D eigenvalue weighted by atomic mass is 16.2. The number of likely N-dealkylation sites (tertiary alicyclic amines) is 1. The molecule has 1 aliphatic heterocycles. The lowest BCUT2D eigenvalue weighted by Gasteiger charge is -2.16. The van der Waals surface area contributed by atoms with Crippen molar-refractivity contribution in [1.29, 1.82) is 0 Å². The zero-order chi connectivity index (χ0) is 19.1. The van der Waals surface area contributed by atoms with Crippen LogP contribution in [0.15, 0.2) is 53.5 Å². The van der Waals surface area contributed by atoms with Gasteiger partial charge in [0.05, 0.1) is 0 Å². The average Bonchev–Trinajstić information content (AvgIpc) is 3.09. The van der Waals surface area contributed by atoms with Crippen LogP contribution in [0.3, 0.4) is 0 Å². The van der Waals surface area contributed by atoms with Gasteiger partial charge in [-0.25, -0.2) is 0 Å². The van der Waals surface area contributed by atoms with E-state index in [4.69, 9.17) is 0 Å². The van der Waals surface area contributed by atoms with Gasteiger partial charge >= 0.3 is 0 Å².